The molecule has 1 aliphatic rings. The number of rotatable bonds is 3. The molecule has 0 N–H and O–H groups in total. The van der Waals surface area contributed by atoms with Crippen molar-refractivity contribution < 1.29 is 0 Å². The van der Waals surface area contributed by atoms with Crippen LogP contribution in [0.3, 0.4) is 0 Å². The highest BCUT2D eigenvalue weighted by molar-refractivity contribution is 7.26. The third kappa shape index (κ3) is 3.93. The Labute approximate surface area is 295 Å². The lowest BCUT2D eigenvalue weighted by Gasteiger charge is -2.28. The number of hydrogen-bond donors (Lipinski definition) is 0. The topological polar surface area (TPSA) is 0 Å². The molecular formula is C49H34S. The van der Waals surface area contributed by atoms with E-state index in [-0.39, 0.29) is 0 Å². The maximum absolute atomic E-state index is 2.51. The van der Waals surface area contributed by atoms with Crippen molar-refractivity contribution in [3.63, 3.8) is 0 Å². The standard InChI is InChI=1S/C49H34S/c1-29-13-10-25-40-41(28-32-17-12-24-33(30-15-11-16-30)45(32)44(29)40)46-36-20-4-6-22-38(36)47(39-23-7-5-21-37(39)46)48-34-18-3-2-14-31(34)27-42-35-19-8-9-26-43(35)50-49(42)48/h2-10,12-14,17-28,30H,11,15-16H2,1H3. The van der Waals surface area contributed by atoms with Gasteiger partial charge in [-0.2, -0.15) is 0 Å². The smallest absolute Gasteiger partial charge is 0.0440 e. The summed E-state index contributed by atoms with van der Waals surface area (Å²) in [5, 5.41) is 16.1. The molecule has 0 amide bonds. The normalized spacial score (nSPS) is 13.8. The van der Waals surface area contributed by atoms with Gasteiger partial charge < -0.3 is 0 Å². The van der Waals surface area contributed by atoms with Crippen LogP contribution in [0.25, 0.3) is 96.3 Å². The Balaban J connectivity index is 1.32. The van der Waals surface area contributed by atoms with E-state index in [1.807, 2.05) is 11.3 Å². The fraction of sp³-hybridized carbons (Fsp3) is 0.102. The van der Waals surface area contributed by atoms with E-state index in [1.54, 1.807) is 0 Å². The van der Waals surface area contributed by atoms with E-state index in [9.17, 15) is 0 Å². The number of aryl methyl sites for hydroxylation is 1. The summed E-state index contributed by atoms with van der Waals surface area (Å²) in [6, 6.07) is 55.1. The van der Waals surface area contributed by atoms with E-state index in [1.165, 1.54) is 127 Å². The molecule has 10 aromatic rings. The number of fused-ring (bicyclic) bond motifs is 9. The summed E-state index contributed by atoms with van der Waals surface area (Å²) in [5.41, 5.74) is 8.23. The SMILES string of the molecule is Cc1cccc2c(-c3c4ccccc4c(-c4c5ccccc5cc5c4sc4ccccc45)c4ccccc34)cc3cccc(C4CCC4)c3c12. The average Bonchev–Trinajstić information content (AvgIpc) is 3.50. The van der Waals surface area contributed by atoms with Gasteiger partial charge in [0.1, 0.15) is 0 Å². The zero-order valence-electron chi connectivity index (χ0n) is 28.0. The van der Waals surface area contributed by atoms with Crippen molar-refractivity contribution in [1.82, 2.24) is 0 Å². The third-order valence-corrected chi connectivity index (χ3v) is 12.8. The van der Waals surface area contributed by atoms with Crippen LogP contribution in [0.2, 0.25) is 0 Å². The molecule has 1 aliphatic carbocycles. The van der Waals surface area contributed by atoms with Gasteiger partial charge in [0.2, 0.25) is 0 Å². The predicted octanol–water partition coefficient (Wildman–Crippen LogP) is 14.7. The summed E-state index contributed by atoms with van der Waals surface area (Å²) in [6.45, 7) is 2.30. The average molecular weight is 655 g/mol. The van der Waals surface area contributed by atoms with Crippen LogP contribution in [0, 0.1) is 6.92 Å². The molecule has 236 valence electrons. The number of hydrogen-bond acceptors (Lipinski definition) is 1. The Morgan fingerprint density at radius 3 is 1.78 bits per heavy atom. The largest absolute Gasteiger partial charge is 0.135 e. The lowest BCUT2D eigenvalue weighted by atomic mass is 9.76. The molecule has 11 rings (SSSR count). The molecule has 0 radical (unpaired) electrons. The van der Waals surface area contributed by atoms with Gasteiger partial charge in [0.25, 0.3) is 0 Å². The van der Waals surface area contributed by atoms with Crippen molar-refractivity contribution in [2.45, 2.75) is 32.1 Å². The van der Waals surface area contributed by atoms with Gasteiger partial charge in [-0.25, -0.2) is 0 Å². The molecule has 0 atom stereocenters. The van der Waals surface area contributed by atoms with E-state index < -0.39 is 0 Å². The minimum Gasteiger partial charge on any atom is -0.135 e. The molecule has 1 fully saturated rings. The summed E-state index contributed by atoms with van der Waals surface area (Å²) in [7, 11) is 0. The van der Waals surface area contributed by atoms with E-state index in [0.717, 1.165) is 0 Å². The first kappa shape index (κ1) is 28.3. The molecule has 9 aromatic carbocycles. The Bertz CT molecular complexity index is 2970. The lowest BCUT2D eigenvalue weighted by Crippen LogP contribution is -2.09. The van der Waals surface area contributed by atoms with Gasteiger partial charge in [0.15, 0.2) is 0 Å². The van der Waals surface area contributed by atoms with Crippen molar-refractivity contribution >= 4 is 85.4 Å². The third-order valence-electron chi connectivity index (χ3n) is 11.6. The summed E-state index contributed by atoms with van der Waals surface area (Å²) < 4.78 is 2.70. The molecular weight excluding hydrogens is 621 g/mol. The van der Waals surface area contributed by atoms with Crippen LogP contribution in [-0.4, -0.2) is 0 Å². The zero-order valence-corrected chi connectivity index (χ0v) is 28.8. The van der Waals surface area contributed by atoms with Gasteiger partial charge in [-0.15, -0.1) is 11.3 Å². The second kappa shape index (κ2) is 10.7. The Hall–Kier alpha value is -5.50. The molecule has 1 saturated carbocycles. The monoisotopic (exact) mass is 654 g/mol. The van der Waals surface area contributed by atoms with Gasteiger partial charge in [-0.1, -0.05) is 134 Å². The molecule has 50 heavy (non-hydrogen) atoms. The second-order valence-corrected chi connectivity index (χ2v) is 15.3. The highest BCUT2D eigenvalue weighted by Crippen LogP contribution is 2.52. The highest BCUT2D eigenvalue weighted by Gasteiger charge is 2.26. The summed E-state index contributed by atoms with van der Waals surface area (Å²) in [6.07, 6.45) is 3.93. The molecule has 1 heteroatoms. The van der Waals surface area contributed by atoms with E-state index in [2.05, 4.69) is 153 Å². The first-order valence-corrected chi connectivity index (χ1v) is 18.8. The maximum Gasteiger partial charge on any atom is 0.0440 e. The van der Waals surface area contributed by atoms with Crippen molar-refractivity contribution in [2.24, 2.45) is 0 Å². The molecule has 0 bridgehead atoms. The van der Waals surface area contributed by atoms with Crippen LogP contribution in [0.15, 0.2) is 146 Å². The van der Waals surface area contributed by atoms with Crippen LogP contribution in [0.1, 0.15) is 36.3 Å². The Kier molecular flexibility index (Phi) is 6.09. The van der Waals surface area contributed by atoms with Gasteiger partial charge in [-0.3, -0.25) is 0 Å². The van der Waals surface area contributed by atoms with Gasteiger partial charge in [0.05, 0.1) is 0 Å². The first-order valence-electron chi connectivity index (χ1n) is 18.0. The molecule has 0 unspecified atom stereocenters. The molecule has 1 heterocycles. The molecule has 0 spiro atoms. The van der Waals surface area contributed by atoms with Gasteiger partial charge >= 0.3 is 0 Å². The summed E-state index contributed by atoms with van der Waals surface area (Å²) in [4.78, 5) is 0. The van der Waals surface area contributed by atoms with E-state index >= 15 is 0 Å². The first-order chi connectivity index (χ1) is 24.7. The summed E-state index contributed by atoms with van der Waals surface area (Å²) >= 11 is 1.93. The van der Waals surface area contributed by atoms with Gasteiger partial charge in [-0.05, 0) is 126 Å². The molecule has 0 saturated heterocycles. The lowest BCUT2D eigenvalue weighted by molar-refractivity contribution is 0.422. The van der Waals surface area contributed by atoms with Crippen LogP contribution in [0.5, 0.6) is 0 Å². The van der Waals surface area contributed by atoms with Gasteiger partial charge in [0, 0.05) is 25.7 Å². The molecule has 0 nitrogen and oxygen atoms in total. The van der Waals surface area contributed by atoms with Crippen LogP contribution in [-0.2, 0) is 0 Å². The van der Waals surface area contributed by atoms with E-state index in [4.69, 9.17) is 0 Å². The van der Waals surface area contributed by atoms with E-state index in [0.29, 0.717) is 5.92 Å². The Morgan fingerprint density at radius 2 is 1.06 bits per heavy atom. The predicted molar refractivity (Wildman–Crippen MR) is 219 cm³/mol. The van der Waals surface area contributed by atoms with Crippen molar-refractivity contribution in [2.75, 3.05) is 0 Å². The summed E-state index contributed by atoms with van der Waals surface area (Å²) in [5.74, 6) is 0.666. The fourth-order valence-corrected chi connectivity index (χ4v) is 10.4. The van der Waals surface area contributed by atoms with Crippen molar-refractivity contribution in [3.8, 4) is 22.3 Å². The number of thiophene rings is 1. The Morgan fingerprint density at radius 1 is 0.460 bits per heavy atom. The molecule has 0 aliphatic heterocycles. The minimum absolute atomic E-state index is 0.666. The van der Waals surface area contributed by atoms with Crippen molar-refractivity contribution in [3.05, 3.63) is 157 Å². The second-order valence-electron chi connectivity index (χ2n) is 14.3. The highest BCUT2D eigenvalue weighted by atomic mass is 32.1. The van der Waals surface area contributed by atoms with Crippen LogP contribution in [0.4, 0.5) is 0 Å². The maximum atomic E-state index is 2.51. The van der Waals surface area contributed by atoms with Crippen molar-refractivity contribution in [1.29, 1.82) is 0 Å². The van der Waals surface area contributed by atoms with Crippen LogP contribution < -0.4 is 0 Å². The zero-order chi connectivity index (χ0) is 32.9. The minimum atomic E-state index is 0.666. The van der Waals surface area contributed by atoms with Crippen LogP contribution >= 0.6 is 11.3 Å². The molecule has 1 aromatic heterocycles. The quantitative estimate of drug-likeness (QED) is 0.131. The number of benzene rings is 9. The fourth-order valence-electron chi connectivity index (χ4n) is 9.18.